The Morgan fingerprint density at radius 3 is 2.72 bits per heavy atom. The summed E-state index contributed by atoms with van der Waals surface area (Å²) in [7, 11) is -3.75. The summed E-state index contributed by atoms with van der Waals surface area (Å²) in [5.74, 6) is 0.375. The third-order valence-electron chi connectivity index (χ3n) is 2.08. The van der Waals surface area contributed by atoms with Crippen molar-refractivity contribution in [2.45, 2.75) is 11.8 Å². The van der Waals surface area contributed by atoms with E-state index in [4.69, 9.17) is 16.1 Å². The molecule has 0 spiro atoms. The molecule has 0 aromatic carbocycles. The minimum atomic E-state index is -3.75. The van der Waals surface area contributed by atoms with Crippen LogP contribution in [0.5, 0.6) is 0 Å². The van der Waals surface area contributed by atoms with Crippen LogP contribution >= 0.6 is 27.5 Å². The van der Waals surface area contributed by atoms with Crippen molar-refractivity contribution in [3.05, 3.63) is 33.8 Å². The highest BCUT2D eigenvalue weighted by Crippen LogP contribution is 2.24. The highest BCUT2D eigenvalue weighted by atomic mass is 79.9. The summed E-state index contributed by atoms with van der Waals surface area (Å²) in [6.45, 7) is 1.60. The van der Waals surface area contributed by atoms with Crippen LogP contribution in [0.1, 0.15) is 5.76 Å². The molecule has 2 rings (SSSR count). The second-order valence-electron chi connectivity index (χ2n) is 3.34. The number of rotatable bonds is 3. The Hall–Kier alpha value is -1.12. The van der Waals surface area contributed by atoms with Gasteiger partial charge < -0.3 is 4.52 Å². The molecule has 0 aliphatic rings. The summed E-state index contributed by atoms with van der Waals surface area (Å²) >= 11 is 8.81. The fourth-order valence-electron chi connectivity index (χ4n) is 1.15. The number of halogens is 2. The molecule has 0 aliphatic heterocycles. The third-order valence-corrected chi connectivity index (χ3v) is 4.54. The van der Waals surface area contributed by atoms with Gasteiger partial charge in [0.25, 0.3) is 10.0 Å². The molecular formula is C9H7BrClN3O3S. The van der Waals surface area contributed by atoms with Gasteiger partial charge in [0.1, 0.15) is 15.7 Å². The zero-order valence-electron chi connectivity index (χ0n) is 9.02. The Balaban J connectivity index is 2.37. The van der Waals surface area contributed by atoms with Crippen LogP contribution < -0.4 is 4.72 Å². The smallest absolute Gasteiger partial charge is 0.263 e. The van der Waals surface area contributed by atoms with Crippen LogP contribution in [0, 0.1) is 6.92 Å². The van der Waals surface area contributed by atoms with Gasteiger partial charge in [-0.3, -0.25) is 4.72 Å². The van der Waals surface area contributed by atoms with Gasteiger partial charge >= 0.3 is 0 Å². The van der Waals surface area contributed by atoms with Crippen molar-refractivity contribution in [1.82, 2.24) is 10.1 Å². The van der Waals surface area contributed by atoms with Crippen molar-refractivity contribution in [3.63, 3.8) is 0 Å². The molecule has 0 radical (unpaired) electrons. The Labute approximate surface area is 117 Å². The van der Waals surface area contributed by atoms with Crippen LogP contribution in [0.25, 0.3) is 0 Å². The molecule has 0 saturated heterocycles. The molecule has 0 fully saturated rings. The number of hydrogen-bond donors (Lipinski definition) is 1. The first-order valence-electron chi connectivity index (χ1n) is 4.65. The van der Waals surface area contributed by atoms with Gasteiger partial charge in [-0.15, -0.1) is 0 Å². The summed E-state index contributed by atoms with van der Waals surface area (Å²) in [5.41, 5.74) is 0.279. The number of aryl methyl sites for hydroxylation is 1. The lowest BCUT2D eigenvalue weighted by Crippen LogP contribution is -2.13. The second kappa shape index (κ2) is 4.87. The van der Waals surface area contributed by atoms with E-state index in [9.17, 15) is 8.42 Å². The van der Waals surface area contributed by atoms with E-state index in [1.807, 2.05) is 0 Å². The summed E-state index contributed by atoms with van der Waals surface area (Å²) in [4.78, 5) is 3.74. The number of pyridine rings is 1. The van der Waals surface area contributed by atoms with E-state index in [-0.39, 0.29) is 15.7 Å². The highest BCUT2D eigenvalue weighted by molar-refractivity contribution is 9.10. The molecule has 1 N–H and O–H groups in total. The lowest BCUT2D eigenvalue weighted by molar-refractivity contribution is 0.398. The van der Waals surface area contributed by atoms with E-state index in [1.165, 1.54) is 12.3 Å². The minimum Gasteiger partial charge on any atom is -0.359 e. The molecule has 2 aromatic rings. The van der Waals surface area contributed by atoms with Crippen molar-refractivity contribution in [2.75, 3.05) is 4.72 Å². The van der Waals surface area contributed by atoms with Crippen molar-refractivity contribution in [2.24, 2.45) is 0 Å². The fraction of sp³-hybridized carbons (Fsp3) is 0.111. The Morgan fingerprint density at radius 1 is 1.44 bits per heavy atom. The normalized spacial score (nSPS) is 11.5. The molecule has 2 heterocycles. The van der Waals surface area contributed by atoms with E-state index < -0.39 is 10.0 Å². The van der Waals surface area contributed by atoms with Gasteiger partial charge in [-0.2, -0.15) is 0 Å². The number of hydrogen-bond acceptors (Lipinski definition) is 5. The number of sulfonamides is 1. The zero-order chi connectivity index (χ0) is 13.3. The number of aromatic nitrogens is 2. The van der Waals surface area contributed by atoms with E-state index >= 15 is 0 Å². The molecule has 96 valence electrons. The molecule has 0 bridgehead atoms. The van der Waals surface area contributed by atoms with E-state index in [0.29, 0.717) is 10.2 Å². The summed E-state index contributed by atoms with van der Waals surface area (Å²) in [5, 5.41) is 3.67. The fourth-order valence-corrected chi connectivity index (χ4v) is 2.82. The molecular weight excluding hydrogens is 346 g/mol. The lowest BCUT2D eigenvalue weighted by atomic mass is 10.4. The average molecular weight is 353 g/mol. The predicted octanol–water partition coefficient (Wildman–Crippen LogP) is 2.59. The number of nitrogens with zero attached hydrogens (tertiary/aromatic N) is 2. The van der Waals surface area contributed by atoms with Gasteiger partial charge in [-0.1, -0.05) is 16.8 Å². The SMILES string of the molecule is Cc1oncc1NS(=O)(=O)c1cnc(Cl)c(Br)c1. The van der Waals surface area contributed by atoms with Crippen molar-refractivity contribution < 1.29 is 12.9 Å². The van der Waals surface area contributed by atoms with E-state index in [2.05, 4.69) is 30.8 Å². The highest BCUT2D eigenvalue weighted by Gasteiger charge is 2.18. The Bertz CT molecular complexity index is 686. The second-order valence-corrected chi connectivity index (χ2v) is 6.24. The molecule has 0 atom stereocenters. The Morgan fingerprint density at radius 2 is 2.17 bits per heavy atom. The van der Waals surface area contributed by atoms with Crippen molar-refractivity contribution in [1.29, 1.82) is 0 Å². The Kier molecular flexibility index (Phi) is 3.60. The largest absolute Gasteiger partial charge is 0.359 e. The molecule has 0 amide bonds. The number of anilines is 1. The van der Waals surface area contributed by atoms with Gasteiger partial charge in [-0.25, -0.2) is 13.4 Å². The van der Waals surface area contributed by atoms with Crippen LogP contribution in [0.2, 0.25) is 5.15 Å². The quantitative estimate of drug-likeness (QED) is 0.858. The maximum atomic E-state index is 12.0. The maximum Gasteiger partial charge on any atom is 0.263 e. The zero-order valence-corrected chi connectivity index (χ0v) is 12.2. The molecule has 6 nitrogen and oxygen atoms in total. The number of nitrogens with one attached hydrogen (secondary N) is 1. The molecule has 18 heavy (non-hydrogen) atoms. The molecule has 2 aromatic heterocycles. The first kappa shape index (κ1) is 13.3. The van der Waals surface area contributed by atoms with Crippen LogP contribution in [0.4, 0.5) is 5.69 Å². The molecule has 9 heteroatoms. The maximum absolute atomic E-state index is 12.0. The van der Waals surface area contributed by atoms with Gasteiger partial charge in [0.2, 0.25) is 0 Å². The third kappa shape index (κ3) is 2.65. The lowest BCUT2D eigenvalue weighted by Gasteiger charge is -2.06. The van der Waals surface area contributed by atoms with Gasteiger partial charge in [0.15, 0.2) is 5.76 Å². The van der Waals surface area contributed by atoms with E-state index in [1.54, 1.807) is 6.92 Å². The van der Waals surface area contributed by atoms with E-state index in [0.717, 1.165) is 6.20 Å². The average Bonchev–Trinajstić information content (AvgIpc) is 2.67. The van der Waals surface area contributed by atoms with Crippen LogP contribution in [0.15, 0.2) is 32.4 Å². The molecule has 0 aliphatic carbocycles. The van der Waals surface area contributed by atoms with Crippen LogP contribution in [0.3, 0.4) is 0 Å². The first-order valence-corrected chi connectivity index (χ1v) is 7.31. The first-order chi connectivity index (χ1) is 8.40. The minimum absolute atomic E-state index is 0.0145. The van der Waals surface area contributed by atoms with Gasteiger partial charge in [-0.05, 0) is 28.9 Å². The van der Waals surface area contributed by atoms with Crippen LogP contribution in [-0.4, -0.2) is 18.6 Å². The monoisotopic (exact) mass is 351 g/mol. The van der Waals surface area contributed by atoms with Crippen molar-refractivity contribution in [3.8, 4) is 0 Å². The van der Waals surface area contributed by atoms with Crippen LogP contribution in [-0.2, 0) is 10.0 Å². The molecule has 0 unspecified atom stereocenters. The predicted molar refractivity (Wildman–Crippen MR) is 69.0 cm³/mol. The van der Waals surface area contributed by atoms with Gasteiger partial charge in [0, 0.05) is 6.20 Å². The molecule has 0 saturated carbocycles. The van der Waals surface area contributed by atoms with Gasteiger partial charge in [0.05, 0.1) is 10.7 Å². The summed E-state index contributed by atoms with van der Waals surface area (Å²) in [6, 6.07) is 1.36. The topological polar surface area (TPSA) is 85.1 Å². The standard InChI is InChI=1S/C9H7BrClN3O3S/c1-5-8(4-13-17-5)14-18(15,16)6-2-7(10)9(11)12-3-6/h2-4,14H,1H3. The summed E-state index contributed by atoms with van der Waals surface area (Å²) in [6.07, 6.45) is 2.45. The summed E-state index contributed by atoms with van der Waals surface area (Å²) < 4.78 is 31.6. The van der Waals surface area contributed by atoms with Crippen molar-refractivity contribution >= 4 is 43.2 Å².